The summed E-state index contributed by atoms with van der Waals surface area (Å²) in [5.41, 5.74) is 2.47. The van der Waals surface area contributed by atoms with E-state index < -0.39 is 23.5 Å². The molecule has 0 amide bonds. The van der Waals surface area contributed by atoms with E-state index >= 15 is 0 Å². The lowest BCUT2D eigenvalue weighted by atomic mass is 10.1. The molecule has 2 heterocycles. The third kappa shape index (κ3) is 9.53. The molecule has 0 atom stereocenters. The minimum absolute atomic E-state index is 0.437. The maximum atomic E-state index is 12.8. The molecule has 6 nitrogen and oxygen atoms in total. The normalized spacial score (nSPS) is 11.8. The number of methoxy groups -OCH3 is 2. The predicted octanol–water partition coefficient (Wildman–Crippen LogP) is 10.5. The molecule has 0 unspecified atom stereocenters. The number of nitrogens with zero attached hydrogens (tertiary/aromatic N) is 2. The summed E-state index contributed by atoms with van der Waals surface area (Å²) in [6.07, 6.45) is 1.53. The van der Waals surface area contributed by atoms with E-state index in [4.69, 9.17) is 9.47 Å². The molecular formula is C38H30F6N4O2. The van der Waals surface area contributed by atoms with Gasteiger partial charge in [-0.2, -0.15) is 26.3 Å². The number of H-pyrrole nitrogens is 2. The number of nitrogens with one attached hydrogen (secondary N) is 2. The molecule has 50 heavy (non-hydrogen) atoms. The summed E-state index contributed by atoms with van der Waals surface area (Å²) in [5, 5.41) is 0. The van der Waals surface area contributed by atoms with E-state index in [1.165, 1.54) is 24.5 Å². The summed E-state index contributed by atoms with van der Waals surface area (Å²) in [4.78, 5) is 14.4. The van der Waals surface area contributed by atoms with E-state index in [1.807, 2.05) is 60.7 Å². The van der Waals surface area contributed by atoms with Gasteiger partial charge in [-0.25, -0.2) is 9.97 Å². The van der Waals surface area contributed by atoms with Crippen LogP contribution in [0.3, 0.4) is 0 Å². The first-order valence-electron chi connectivity index (χ1n) is 15.0. The first kappa shape index (κ1) is 35.3. The fourth-order valence-electron chi connectivity index (χ4n) is 4.64. The van der Waals surface area contributed by atoms with Crippen LogP contribution < -0.4 is 9.47 Å². The second kappa shape index (κ2) is 15.5. The fraction of sp³-hybridized carbons (Fsp3) is 0.105. The highest BCUT2D eigenvalue weighted by Gasteiger charge is 2.31. The Bertz CT molecular complexity index is 1910. The molecular weight excluding hydrogens is 658 g/mol. The molecule has 0 fully saturated rings. The molecule has 0 saturated carbocycles. The Balaban J connectivity index is 0.000000194. The van der Waals surface area contributed by atoms with Crippen molar-refractivity contribution in [2.75, 3.05) is 14.2 Å². The van der Waals surface area contributed by atoms with Gasteiger partial charge in [0.05, 0.1) is 49.1 Å². The van der Waals surface area contributed by atoms with Gasteiger partial charge in [-0.3, -0.25) is 0 Å². The van der Waals surface area contributed by atoms with E-state index in [0.29, 0.717) is 34.2 Å². The third-order valence-corrected chi connectivity index (χ3v) is 7.29. The van der Waals surface area contributed by atoms with Gasteiger partial charge in [0.15, 0.2) is 0 Å². The van der Waals surface area contributed by atoms with Gasteiger partial charge in [-0.15, -0.1) is 0 Å². The first-order valence-corrected chi connectivity index (χ1v) is 15.0. The molecule has 0 spiro atoms. The molecule has 12 heteroatoms. The van der Waals surface area contributed by atoms with Crippen molar-refractivity contribution < 1.29 is 35.8 Å². The zero-order valence-electron chi connectivity index (χ0n) is 26.7. The van der Waals surface area contributed by atoms with Crippen molar-refractivity contribution >= 4 is 24.3 Å². The maximum absolute atomic E-state index is 12.8. The Morgan fingerprint density at radius 1 is 0.520 bits per heavy atom. The number of benzene rings is 4. The van der Waals surface area contributed by atoms with Crippen LogP contribution in [0.15, 0.2) is 109 Å². The Kier molecular flexibility index (Phi) is 10.9. The van der Waals surface area contributed by atoms with Crippen molar-refractivity contribution in [3.63, 3.8) is 0 Å². The molecule has 2 aromatic heterocycles. The molecule has 0 radical (unpaired) electrons. The van der Waals surface area contributed by atoms with Crippen molar-refractivity contribution in [3.05, 3.63) is 143 Å². The van der Waals surface area contributed by atoms with Gasteiger partial charge in [0.1, 0.15) is 23.1 Å². The number of hydrogen-bond donors (Lipinski definition) is 2. The summed E-state index contributed by atoms with van der Waals surface area (Å²) in [7, 11) is 3.20. The lowest BCUT2D eigenvalue weighted by molar-refractivity contribution is -0.138. The average Bonchev–Trinajstić information content (AvgIpc) is 3.81. The fourth-order valence-corrected chi connectivity index (χ4v) is 4.64. The summed E-state index contributed by atoms with van der Waals surface area (Å²) in [5.74, 6) is 2.65. The van der Waals surface area contributed by atoms with Crippen molar-refractivity contribution in [3.8, 4) is 34.0 Å². The summed E-state index contributed by atoms with van der Waals surface area (Å²) in [6.45, 7) is 0. The number of rotatable bonds is 8. The molecule has 0 bridgehead atoms. The highest BCUT2D eigenvalue weighted by molar-refractivity contribution is 5.70. The van der Waals surface area contributed by atoms with Crippen LogP contribution in [0, 0.1) is 0 Å². The van der Waals surface area contributed by atoms with Crippen LogP contribution in [0.25, 0.3) is 46.8 Å². The van der Waals surface area contributed by atoms with Crippen LogP contribution >= 0.6 is 0 Å². The van der Waals surface area contributed by atoms with E-state index in [2.05, 4.69) is 19.9 Å². The number of ether oxygens (including phenoxy) is 2. The number of halogens is 6. The zero-order chi connectivity index (χ0) is 35.7. The number of hydrogen-bond acceptors (Lipinski definition) is 4. The molecule has 6 aromatic rings. The van der Waals surface area contributed by atoms with Crippen LogP contribution in [-0.4, -0.2) is 34.2 Å². The van der Waals surface area contributed by atoms with E-state index in [-0.39, 0.29) is 0 Å². The molecule has 0 saturated heterocycles. The molecule has 2 N–H and O–H groups in total. The van der Waals surface area contributed by atoms with Crippen LogP contribution in [0.4, 0.5) is 26.3 Å². The van der Waals surface area contributed by atoms with Gasteiger partial charge >= 0.3 is 12.4 Å². The van der Waals surface area contributed by atoms with Crippen LogP contribution in [0.2, 0.25) is 0 Å². The highest BCUT2D eigenvalue weighted by atomic mass is 19.4. The van der Waals surface area contributed by atoms with E-state index in [0.717, 1.165) is 46.9 Å². The van der Waals surface area contributed by atoms with Crippen molar-refractivity contribution in [1.82, 2.24) is 19.9 Å². The summed E-state index contributed by atoms with van der Waals surface area (Å²) in [6, 6.07) is 25.2. The monoisotopic (exact) mass is 688 g/mol. The van der Waals surface area contributed by atoms with Crippen LogP contribution in [0.5, 0.6) is 11.5 Å². The molecule has 0 aliphatic rings. The van der Waals surface area contributed by atoms with Crippen molar-refractivity contribution in [2.45, 2.75) is 12.4 Å². The van der Waals surface area contributed by atoms with Gasteiger partial charge in [0.2, 0.25) is 0 Å². The standard InChI is InChI=1S/2C19H15F3N2O/c2*1-25-16-8-5-13(6-9-16)7-10-18-23-12-17(24-18)14-3-2-4-15(11-14)19(20,21)22/h2*2-12H,1H3,(H,23,24). The van der Waals surface area contributed by atoms with Gasteiger partial charge in [-0.1, -0.05) is 60.7 Å². The zero-order valence-corrected chi connectivity index (χ0v) is 26.7. The SMILES string of the molecule is COc1ccc(C=Cc2ncc(-c3cccc(C(F)(F)F)c3)[nH]2)cc1.COc1ccc(C=Cc2ncc(-c3cccc(C(F)(F)F)c3)[nH]2)cc1. The molecule has 0 aliphatic heterocycles. The average molecular weight is 689 g/mol. The van der Waals surface area contributed by atoms with Crippen molar-refractivity contribution in [2.24, 2.45) is 0 Å². The predicted molar refractivity (Wildman–Crippen MR) is 182 cm³/mol. The molecule has 0 aliphatic carbocycles. The molecule has 6 rings (SSSR count). The third-order valence-electron chi connectivity index (χ3n) is 7.29. The van der Waals surface area contributed by atoms with Gasteiger partial charge < -0.3 is 19.4 Å². The summed E-state index contributed by atoms with van der Waals surface area (Å²) < 4.78 is 87.0. The summed E-state index contributed by atoms with van der Waals surface area (Å²) >= 11 is 0. The number of imidazole rings is 2. The Morgan fingerprint density at radius 2 is 0.900 bits per heavy atom. The smallest absolute Gasteiger partial charge is 0.416 e. The minimum atomic E-state index is -4.37. The van der Waals surface area contributed by atoms with Gasteiger partial charge in [0, 0.05) is 11.1 Å². The number of aromatic amines is 2. The second-order valence-corrected chi connectivity index (χ2v) is 10.7. The topological polar surface area (TPSA) is 75.8 Å². The lowest BCUT2D eigenvalue weighted by Crippen LogP contribution is -2.04. The molecule has 4 aromatic carbocycles. The minimum Gasteiger partial charge on any atom is -0.497 e. The van der Waals surface area contributed by atoms with Crippen LogP contribution in [0.1, 0.15) is 33.9 Å². The lowest BCUT2D eigenvalue weighted by Gasteiger charge is -2.07. The second-order valence-electron chi connectivity index (χ2n) is 10.7. The first-order chi connectivity index (χ1) is 23.9. The maximum Gasteiger partial charge on any atom is 0.416 e. The van der Waals surface area contributed by atoms with E-state index in [9.17, 15) is 26.3 Å². The quantitative estimate of drug-likeness (QED) is 0.156. The van der Waals surface area contributed by atoms with Gasteiger partial charge in [0.25, 0.3) is 0 Å². The Morgan fingerprint density at radius 3 is 1.24 bits per heavy atom. The Labute approximate surface area is 283 Å². The number of aromatic nitrogens is 4. The largest absolute Gasteiger partial charge is 0.497 e. The van der Waals surface area contributed by atoms with E-state index in [1.54, 1.807) is 38.5 Å². The van der Waals surface area contributed by atoms with Crippen molar-refractivity contribution in [1.29, 1.82) is 0 Å². The highest BCUT2D eigenvalue weighted by Crippen LogP contribution is 2.33. The molecule has 256 valence electrons. The number of alkyl halides is 6. The van der Waals surface area contributed by atoms with Gasteiger partial charge in [-0.05, 0) is 71.8 Å². The Hall–Kier alpha value is -6.04. The van der Waals surface area contributed by atoms with Crippen LogP contribution in [-0.2, 0) is 12.4 Å².